The molecular formula is C16H16ClF3N2O2S3. The first kappa shape index (κ1) is 20.8. The molecule has 0 aliphatic carbocycles. The quantitative estimate of drug-likeness (QED) is 0.617. The van der Waals surface area contributed by atoms with E-state index in [4.69, 9.17) is 23.8 Å². The number of alkyl halides is 3. The van der Waals surface area contributed by atoms with E-state index >= 15 is 0 Å². The van der Waals surface area contributed by atoms with Crippen LogP contribution in [-0.2, 0) is 29.2 Å². The lowest BCUT2D eigenvalue weighted by atomic mass is 10.2. The molecule has 1 aliphatic heterocycles. The number of nitrogens with zero attached hydrogens (tertiary/aromatic N) is 2. The standard InChI is InChI=1S/C16H16ClF3N2O2S3/c17-14-6-11(16(18,19)20)7-22(15(14)25)10-21(8-13-2-1-4-26-13)12-3-5-27(23,24)9-12/h1-2,4,6-7,12H,3,5,8-10H2/t12-/m1/s1. The molecular weight excluding hydrogens is 441 g/mol. The van der Waals surface area contributed by atoms with Crippen molar-refractivity contribution in [1.82, 2.24) is 9.47 Å². The minimum absolute atomic E-state index is 0.0155. The van der Waals surface area contributed by atoms with Crippen molar-refractivity contribution in [2.24, 2.45) is 0 Å². The van der Waals surface area contributed by atoms with Gasteiger partial charge in [0.2, 0.25) is 0 Å². The molecule has 2 aromatic rings. The Morgan fingerprint density at radius 3 is 2.70 bits per heavy atom. The molecule has 0 aromatic carbocycles. The summed E-state index contributed by atoms with van der Waals surface area (Å²) >= 11 is 12.6. The summed E-state index contributed by atoms with van der Waals surface area (Å²) in [5, 5.41) is 1.74. The van der Waals surface area contributed by atoms with E-state index in [2.05, 4.69) is 0 Å². The lowest BCUT2D eigenvalue weighted by Crippen LogP contribution is -2.37. The Bertz CT molecular complexity index is 972. The highest BCUT2D eigenvalue weighted by Crippen LogP contribution is 2.32. The third-order valence-electron chi connectivity index (χ3n) is 4.37. The van der Waals surface area contributed by atoms with E-state index in [0.29, 0.717) is 13.0 Å². The van der Waals surface area contributed by atoms with Gasteiger partial charge in [0.25, 0.3) is 0 Å². The molecule has 0 radical (unpaired) electrons. The van der Waals surface area contributed by atoms with E-state index in [1.165, 1.54) is 15.9 Å². The topological polar surface area (TPSA) is 42.3 Å². The Kier molecular flexibility index (Phi) is 6.02. The smallest absolute Gasteiger partial charge is 0.324 e. The third-order valence-corrected chi connectivity index (χ3v) is 7.83. The predicted molar refractivity (Wildman–Crippen MR) is 102 cm³/mol. The highest BCUT2D eigenvalue weighted by molar-refractivity contribution is 7.91. The van der Waals surface area contributed by atoms with E-state index < -0.39 is 21.6 Å². The van der Waals surface area contributed by atoms with Gasteiger partial charge in [0, 0.05) is 23.7 Å². The lowest BCUT2D eigenvalue weighted by molar-refractivity contribution is -0.138. The van der Waals surface area contributed by atoms with Gasteiger partial charge in [-0.25, -0.2) is 8.42 Å². The lowest BCUT2D eigenvalue weighted by Gasteiger charge is -2.29. The van der Waals surface area contributed by atoms with E-state index in [1.807, 2.05) is 22.4 Å². The summed E-state index contributed by atoms with van der Waals surface area (Å²) in [5.74, 6) is 0.0613. The molecule has 0 amide bonds. The van der Waals surface area contributed by atoms with Gasteiger partial charge in [0.1, 0.15) is 4.64 Å². The Morgan fingerprint density at radius 2 is 2.15 bits per heavy atom. The van der Waals surface area contributed by atoms with Crippen molar-refractivity contribution < 1.29 is 21.6 Å². The number of thiophene rings is 1. The van der Waals surface area contributed by atoms with Crippen LogP contribution < -0.4 is 0 Å². The molecule has 148 valence electrons. The highest BCUT2D eigenvalue weighted by Gasteiger charge is 2.34. The first-order chi connectivity index (χ1) is 12.5. The molecule has 1 saturated heterocycles. The van der Waals surface area contributed by atoms with Gasteiger partial charge in [-0.2, -0.15) is 13.2 Å². The molecule has 1 atom stereocenters. The number of rotatable bonds is 5. The normalized spacial score (nSPS) is 19.7. The number of hydrogen-bond donors (Lipinski definition) is 0. The van der Waals surface area contributed by atoms with Gasteiger partial charge < -0.3 is 4.57 Å². The van der Waals surface area contributed by atoms with Crippen LogP contribution in [0, 0.1) is 4.64 Å². The molecule has 1 fully saturated rings. The van der Waals surface area contributed by atoms with Crippen LogP contribution in [0.15, 0.2) is 29.8 Å². The van der Waals surface area contributed by atoms with Crippen LogP contribution in [0.2, 0.25) is 5.02 Å². The molecule has 0 unspecified atom stereocenters. The molecule has 3 heterocycles. The number of halogens is 4. The molecule has 11 heteroatoms. The molecule has 0 N–H and O–H groups in total. The summed E-state index contributed by atoms with van der Waals surface area (Å²) in [5.41, 5.74) is -0.892. The average molecular weight is 457 g/mol. The van der Waals surface area contributed by atoms with Crippen molar-refractivity contribution in [1.29, 1.82) is 0 Å². The summed E-state index contributed by atoms with van der Waals surface area (Å²) in [7, 11) is -3.14. The maximum atomic E-state index is 13.1. The van der Waals surface area contributed by atoms with Crippen LogP contribution in [0.1, 0.15) is 16.9 Å². The number of hydrogen-bond acceptors (Lipinski definition) is 5. The highest BCUT2D eigenvalue weighted by atomic mass is 35.5. The number of aromatic nitrogens is 1. The van der Waals surface area contributed by atoms with Gasteiger partial charge in [-0.15, -0.1) is 11.3 Å². The average Bonchev–Trinajstić information content (AvgIpc) is 3.19. The number of sulfone groups is 1. The van der Waals surface area contributed by atoms with Gasteiger partial charge in [-0.1, -0.05) is 29.9 Å². The predicted octanol–water partition coefficient (Wildman–Crippen LogP) is 4.60. The van der Waals surface area contributed by atoms with Crippen molar-refractivity contribution in [3.63, 3.8) is 0 Å². The monoisotopic (exact) mass is 456 g/mol. The minimum atomic E-state index is -4.55. The first-order valence-corrected chi connectivity index (χ1v) is 11.5. The van der Waals surface area contributed by atoms with Gasteiger partial charge in [-0.05, 0) is 23.9 Å². The van der Waals surface area contributed by atoms with Crippen molar-refractivity contribution in [3.05, 3.63) is 49.9 Å². The van der Waals surface area contributed by atoms with E-state index in [1.54, 1.807) is 0 Å². The van der Waals surface area contributed by atoms with Gasteiger partial charge in [0.15, 0.2) is 9.84 Å². The second-order valence-electron chi connectivity index (χ2n) is 6.37. The SMILES string of the molecule is O=S1(=O)CC[C@@H](N(Cc2cccs2)Cn2cc(C(F)(F)F)cc(Cl)c2=S)C1. The van der Waals surface area contributed by atoms with Crippen LogP contribution in [0.25, 0.3) is 0 Å². The van der Waals surface area contributed by atoms with Crippen molar-refractivity contribution in [2.45, 2.75) is 31.9 Å². The summed E-state index contributed by atoms with van der Waals surface area (Å²) in [6.07, 6.45) is -3.18. The molecule has 27 heavy (non-hydrogen) atoms. The second-order valence-corrected chi connectivity index (χ2v) is 10.4. The zero-order valence-electron chi connectivity index (χ0n) is 13.9. The van der Waals surface area contributed by atoms with Crippen molar-refractivity contribution in [2.75, 3.05) is 11.5 Å². The minimum Gasteiger partial charge on any atom is -0.324 e. The van der Waals surface area contributed by atoms with Crippen LogP contribution in [0.5, 0.6) is 0 Å². The van der Waals surface area contributed by atoms with Crippen molar-refractivity contribution >= 4 is 45.0 Å². The molecule has 0 bridgehead atoms. The third kappa shape index (κ3) is 5.11. The second kappa shape index (κ2) is 7.82. The molecule has 0 spiro atoms. The van der Waals surface area contributed by atoms with Crippen LogP contribution in [0.4, 0.5) is 13.2 Å². The van der Waals surface area contributed by atoms with Gasteiger partial charge in [0.05, 0.1) is 28.8 Å². The van der Waals surface area contributed by atoms with Crippen LogP contribution in [0.3, 0.4) is 0 Å². The molecule has 0 saturated carbocycles. The van der Waals surface area contributed by atoms with E-state index in [0.717, 1.165) is 17.1 Å². The van der Waals surface area contributed by atoms with Crippen LogP contribution in [-0.4, -0.2) is 35.4 Å². The van der Waals surface area contributed by atoms with Gasteiger partial charge >= 0.3 is 6.18 Å². The Hall–Kier alpha value is -0.940. The maximum Gasteiger partial charge on any atom is 0.417 e. The molecule has 1 aliphatic rings. The largest absolute Gasteiger partial charge is 0.417 e. The van der Waals surface area contributed by atoms with Crippen molar-refractivity contribution in [3.8, 4) is 0 Å². The fourth-order valence-electron chi connectivity index (χ4n) is 3.02. The zero-order chi connectivity index (χ0) is 19.8. The summed E-state index contributed by atoms with van der Waals surface area (Å²) in [4.78, 5) is 2.84. The fraction of sp³-hybridized carbons (Fsp3) is 0.438. The maximum absolute atomic E-state index is 13.1. The van der Waals surface area contributed by atoms with E-state index in [-0.39, 0.29) is 33.9 Å². The molecule has 3 rings (SSSR count). The summed E-state index contributed by atoms with van der Waals surface area (Å²) < 4.78 is 64.5. The van der Waals surface area contributed by atoms with Crippen LogP contribution >= 0.6 is 35.2 Å². The number of pyridine rings is 1. The van der Waals surface area contributed by atoms with Gasteiger partial charge in [-0.3, -0.25) is 4.90 Å². The fourth-order valence-corrected chi connectivity index (χ4v) is 5.90. The Labute approximate surface area is 169 Å². The Morgan fingerprint density at radius 1 is 1.41 bits per heavy atom. The zero-order valence-corrected chi connectivity index (χ0v) is 17.2. The summed E-state index contributed by atoms with van der Waals surface area (Å²) in [6, 6.07) is 4.30. The summed E-state index contributed by atoms with van der Waals surface area (Å²) in [6.45, 7) is 0.452. The molecule has 2 aromatic heterocycles. The molecule has 4 nitrogen and oxygen atoms in total. The first-order valence-electron chi connectivity index (χ1n) is 7.99. The Balaban J connectivity index is 1.94. The van der Waals surface area contributed by atoms with E-state index in [9.17, 15) is 21.6 Å².